The van der Waals surface area contributed by atoms with E-state index in [2.05, 4.69) is 10.3 Å². The number of benzene rings is 2. The van der Waals surface area contributed by atoms with E-state index >= 15 is 0 Å². The van der Waals surface area contributed by atoms with Crippen LogP contribution in [-0.2, 0) is 4.79 Å². The highest BCUT2D eigenvalue weighted by atomic mass is 32.2. The lowest BCUT2D eigenvalue weighted by Gasteiger charge is -1.99. The molecular formula is C21H13FN2O4S. The number of carboxylic acids is 1. The molecule has 1 saturated heterocycles. The van der Waals surface area contributed by atoms with E-state index in [1.165, 1.54) is 36.4 Å². The fourth-order valence-electron chi connectivity index (χ4n) is 2.63. The lowest BCUT2D eigenvalue weighted by atomic mass is 10.1. The number of hydrogen-bond acceptors (Lipinski definition) is 5. The molecule has 8 heteroatoms. The van der Waals surface area contributed by atoms with E-state index in [1.54, 1.807) is 30.3 Å². The quantitative estimate of drug-likeness (QED) is 0.612. The van der Waals surface area contributed by atoms with E-state index in [4.69, 9.17) is 9.52 Å². The average molecular weight is 408 g/mol. The van der Waals surface area contributed by atoms with Gasteiger partial charge >= 0.3 is 5.97 Å². The zero-order valence-corrected chi connectivity index (χ0v) is 15.6. The van der Waals surface area contributed by atoms with Crippen LogP contribution in [0.4, 0.5) is 10.1 Å². The largest absolute Gasteiger partial charge is 0.478 e. The fourth-order valence-corrected chi connectivity index (χ4v) is 3.46. The van der Waals surface area contributed by atoms with Crippen molar-refractivity contribution in [3.63, 3.8) is 0 Å². The molecule has 0 atom stereocenters. The van der Waals surface area contributed by atoms with Crippen molar-refractivity contribution in [2.24, 2.45) is 4.99 Å². The molecule has 0 radical (unpaired) electrons. The van der Waals surface area contributed by atoms with Crippen molar-refractivity contribution in [3.05, 3.63) is 82.7 Å². The van der Waals surface area contributed by atoms with Gasteiger partial charge in [0.15, 0.2) is 5.17 Å². The molecule has 0 spiro atoms. The predicted molar refractivity (Wildman–Crippen MR) is 108 cm³/mol. The molecule has 3 aromatic rings. The van der Waals surface area contributed by atoms with Gasteiger partial charge in [0.25, 0.3) is 5.91 Å². The van der Waals surface area contributed by atoms with Crippen LogP contribution in [0.1, 0.15) is 16.1 Å². The van der Waals surface area contributed by atoms with Crippen LogP contribution in [0, 0.1) is 5.82 Å². The van der Waals surface area contributed by atoms with Gasteiger partial charge in [-0.15, -0.1) is 0 Å². The number of hydrogen-bond donors (Lipinski definition) is 2. The summed E-state index contributed by atoms with van der Waals surface area (Å²) in [5, 5.41) is 12.1. The SMILES string of the molecule is O=C1NC(=Nc2ccc(F)cc2)S/C1=C\c1ccc(-c2cccc(C(=O)O)c2)o1. The summed E-state index contributed by atoms with van der Waals surface area (Å²) in [6.45, 7) is 0. The second kappa shape index (κ2) is 7.76. The lowest BCUT2D eigenvalue weighted by Crippen LogP contribution is -2.19. The number of carboxylic acid groups (broad SMARTS) is 1. The molecule has 1 aliphatic rings. The third-order valence-electron chi connectivity index (χ3n) is 4.00. The van der Waals surface area contributed by atoms with E-state index in [-0.39, 0.29) is 17.3 Å². The highest BCUT2D eigenvalue weighted by Crippen LogP contribution is 2.30. The van der Waals surface area contributed by atoms with Gasteiger partial charge in [0.2, 0.25) is 0 Å². The Kier molecular flexibility index (Phi) is 5.01. The molecule has 2 aromatic carbocycles. The number of aliphatic imine (C=N–C) groups is 1. The zero-order chi connectivity index (χ0) is 20.4. The van der Waals surface area contributed by atoms with E-state index in [0.717, 1.165) is 11.8 Å². The van der Waals surface area contributed by atoms with Crippen molar-refractivity contribution in [1.82, 2.24) is 5.32 Å². The van der Waals surface area contributed by atoms with Crippen molar-refractivity contribution in [2.45, 2.75) is 0 Å². The number of amides is 1. The topological polar surface area (TPSA) is 91.9 Å². The molecule has 4 rings (SSSR count). The molecule has 1 amide bonds. The second-order valence-electron chi connectivity index (χ2n) is 6.05. The minimum absolute atomic E-state index is 0.158. The van der Waals surface area contributed by atoms with Crippen molar-refractivity contribution >= 4 is 40.6 Å². The molecule has 1 fully saturated rings. The summed E-state index contributed by atoms with van der Waals surface area (Å²) in [5.41, 5.74) is 1.30. The number of amidine groups is 1. The summed E-state index contributed by atoms with van der Waals surface area (Å²) in [6, 6.07) is 15.4. The lowest BCUT2D eigenvalue weighted by molar-refractivity contribution is -0.115. The average Bonchev–Trinajstić information content (AvgIpc) is 3.31. The summed E-state index contributed by atoms with van der Waals surface area (Å²) in [4.78, 5) is 28.0. The van der Waals surface area contributed by atoms with Crippen molar-refractivity contribution in [1.29, 1.82) is 0 Å². The Bertz CT molecular complexity index is 1170. The minimum Gasteiger partial charge on any atom is -0.478 e. The maximum atomic E-state index is 13.0. The number of halogens is 1. The van der Waals surface area contributed by atoms with Crippen LogP contribution in [0.25, 0.3) is 17.4 Å². The van der Waals surface area contributed by atoms with Crippen LogP contribution in [0.15, 0.2) is 75.0 Å². The number of aromatic carboxylic acids is 1. The Morgan fingerprint density at radius 1 is 1.14 bits per heavy atom. The summed E-state index contributed by atoms with van der Waals surface area (Å²) in [7, 11) is 0. The number of rotatable bonds is 4. The van der Waals surface area contributed by atoms with Crippen LogP contribution >= 0.6 is 11.8 Å². The Labute approximate surface area is 168 Å². The van der Waals surface area contributed by atoms with Gasteiger partial charge in [-0.2, -0.15) is 0 Å². The highest BCUT2D eigenvalue weighted by molar-refractivity contribution is 8.18. The first-order valence-corrected chi connectivity index (χ1v) is 9.28. The third kappa shape index (κ3) is 4.27. The standard InChI is InChI=1S/C21H13FN2O4S/c22-14-4-6-15(7-5-14)23-21-24-19(25)18(29-21)11-16-8-9-17(28-16)12-2-1-3-13(10-12)20(26)27/h1-11H,(H,26,27)(H,23,24,25)/b18-11-. The molecule has 144 valence electrons. The van der Waals surface area contributed by atoms with Crippen molar-refractivity contribution in [3.8, 4) is 11.3 Å². The highest BCUT2D eigenvalue weighted by Gasteiger charge is 2.24. The summed E-state index contributed by atoms with van der Waals surface area (Å²) in [5.74, 6) is -0.764. The summed E-state index contributed by atoms with van der Waals surface area (Å²) >= 11 is 1.14. The van der Waals surface area contributed by atoms with E-state index in [0.29, 0.717) is 32.8 Å². The van der Waals surface area contributed by atoms with Crippen LogP contribution in [0.2, 0.25) is 0 Å². The number of carbonyl (C=O) groups excluding carboxylic acids is 1. The van der Waals surface area contributed by atoms with Gasteiger partial charge in [0.1, 0.15) is 17.3 Å². The number of nitrogens with one attached hydrogen (secondary N) is 1. The third-order valence-corrected chi connectivity index (χ3v) is 4.91. The molecule has 6 nitrogen and oxygen atoms in total. The van der Waals surface area contributed by atoms with Crippen LogP contribution in [0.5, 0.6) is 0 Å². The first kappa shape index (κ1) is 18.7. The first-order valence-electron chi connectivity index (χ1n) is 8.47. The number of thioether (sulfide) groups is 1. The Morgan fingerprint density at radius 3 is 2.69 bits per heavy atom. The fraction of sp³-hybridized carbons (Fsp3) is 0. The van der Waals surface area contributed by atoms with Gasteiger partial charge in [-0.1, -0.05) is 12.1 Å². The van der Waals surface area contributed by atoms with Gasteiger partial charge in [-0.3, -0.25) is 4.79 Å². The maximum absolute atomic E-state index is 13.0. The van der Waals surface area contributed by atoms with E-state index in [9.17, 15) is 14.0 Å². The predicted octanol–water partition coefficient (Wildman–Crippen LogP) is 4.68. The molecule has 2 heterocycles. The monoisotopic (exact) mass is 408 g/mol. The van der Waals surface area contributed by atoms with E-state index in [1.807, 2.05) is 0 Å². The number of furan rings is 1. The molecule has 0 aliphatic carbocycles. The zero-order valence-electron chi connectivity index (χ0n) is 14.8. The Morgan fingerprint density at radius 2 is 1.93 bits per heavy atom. The Balaban J connectivity index is 1.54. The number of carbonyl (C=O) groups is 2. The van der Waals surface area contributed by atoms with Crippen molar-refractivity contribution in [2.75, 3.05) is 0 Å². The van der Waals surface area contributed by atoms with Gasteiger partial charge in [0.05, 0.1) is 16.2 Å². The Hall–Kier alpha value is -3.65. The second-order valence-corrected chi connectivity index (χ2v) is 7.08. The maximum Gasteiger partial charge on any atom is 0.335 e. The molecule has 1 aromatic heterocycles. The van der Waals surface area contributed by atoms with E-state index < -0.39 is 5.97 Å². The summed E-state index contributed by atoms with van der Waals surface area (Å²) in [6.07, 6.45) is 1.58. The molecule has 1 aliphatic heterocycles. The van der Waals surface area contributed by atoms with Gasteiger partial charge < -0.3 is 14.8 Å². The van der Waals surface area contributed by atoms with Crippen LogP contribution in [-0.4, -0.2) is 22.2 Å². The molecule has 2 N–H and O–H groups in total. The van der Waals surface area contributed by atoms with Crippen molar-refractivity contribution < 1.29 is 23.5 Å². The summed E-state index contributed by atoms with van der Waals surface area (Å²) < 4.78 is 18.7. The van der Waals surface area contributed by atoms with Gasteiger partial charge in [0, 0.05) is 11.6 Å². The molecule has 0 saturated carbocycles. The molecule has 0 unspecified atom stereocenters. The van der Waals surface area contributed by atoms with Crippen LogP contribution < -0.4 is 5.32 Å². The molecular weight excluding hydrogens is 395 g/mol. The number of nitrogens with zero attached hydrogens (tertiary/aromatic N) is 1. The smallest absolute Gasteiger partial charge is 0.335 e. The van der Waals surface area contributed by atoms with Gasteiger partial charge in [-0.25, -0.2) is 14.2 Å². The van der Waals surface area contributed by atoms with Gasteiger partial charge in [-0.05, 0) is 60.3 Å². The molecule has 0 bridgehead atoms. The first-order chi connectivity index (χ1) is 14.0. The van der Waals surface area contributed by atoms with Crippen LogP contribution in [0.3, 0.4) is 0 Å². The normalized spacial score (nSPS) is 16.4. The molecule has 29 heavy (non-hydrogen) atoms. The minimum atomic E-state index is -1.02.